The molecule has 3 atom stereocenters. The van der Waals surface area contributed by atoms with Crippen LogP contribution in [0.25, 0.3) is 0 Å². The van der Waals surface area contributed by atoms with E-state index in [1.54, 1.807) is 0 Å². The molecule has 4 fully saturated rings. The zero-order valence-corrected chi connectivity index (χ0v) is 12.2. The average molecular weight is 264 g/mol. The van der Waals surface area contributed by atoms with Crippen LogP contribution in [-0.4, -0.2) is 22.3 Å². The predicted octanol–water partition coefficient (Wildman–Crippen LogP) is 2.83. The van der Waals surface area contributed by atoms with Crippen molar-refractivity contribution in [1.82, 2.24) is 0 Å². The first-order valence-corrected chi connectivity index (χ1v) is 7.22. The summed E-state index contributed by atoms with van der Waals surface area (Å²) in [6, 6.07) is 0. The molecule has 0 radical (unpaired) electrons. The Labute approximate surface area is 115 Å². The lowest BCUT2D eigenvalue weighted by Gasteiger charge is -2.69. The van der Waals surface area contributed by atoms with Gasteiger partial charge in [-0.2, -0.15) is 0 Å². The van der Waals surface area contributed by atoms with E-state index in [0.717, 1.165) is 32.1 Å². The fourth-order valence-corrected chi connectivity index (χ4v) is 5.96. The second kappa shape index (κ2) is 3.43. The van der Waals surface area contributed by atoms with Gasteiger partial charge in [-0.15, -0.1) is 0 Å². The molecule has 3 unspecified atom stereocenters. The summed E-state index contributed by atoms with van der Waals surface area (Å²) in [6.45, 7) is 10.0. The Balaban J connectivity index is 2.05. The summed E-state index contributed by atoms with van der Waals surface area (Å²) < 4.78 is 5.79. The first kappa shape index (κ1) is 13.2. The number of ether oxygens (including phenoxy) is 1. The number of aliphatic hydroxyl groups is 1. The van der Waals surface area contributed by atoms with Gasteiger partial charge in [0.05, 0.1) is 5.60 Å². The van der Waals surface area contributed by atoms with Gasteiger partial charge in [0.1, 0.15) is 5.60 Å². The van der Waals surface area contributed by atoms with Crippen molar-refractivity contribution in [3.05, 3.63) is 12.7 Å². The standard InChI is InChI=1S/C16H24O3/c1-5-12(17)19-16-9-13(3)6-14(4,10-16)8-15(18,7-13)11(16)2/h5,11,18H,1,6-10H2,2-4H3. The van der Waals surface area contributed by atoms with Gasteiger partial charge in [0, 0.05) is 12.0 Å². The van der Waals surface area contributed by atoms with E-state index in [2.05, 4.69) is 20.4 Å². The van der Waals surface area contributed by atoms with Gasteiger partial charge in [-0.05, 0) is 42.9 Å². The summed E-state index contributed by atoms with van der Waals surface area (Å²) in [5, 5.41) is 11.0. The van der Waals surface area contributed by atoms with Crippen LogP contribution in [0.15, 0.2) is 12.7 Å². The largest absolute Gasteiger partial charge is 0.455 e. The Morgan fingerprint density at radius 3 is 2.21 bits per heavy atom. The van der Waals surface area contributed by atoms with E-state index in [9.17, 15) is 9.90 Å². The third-order valence-electron chi connectivity index (χ3n) is 5.84. The molecule has 0 amide bonds. The monoisotopic (exact) mass is 264 g/mol. The summed E-state index contributed by atoms with van der Waals surface area (Å²) in [4.78, 5) is 11.7. The van der Waals surface area contributed by atoms with Crippen molar-refractivity contribution < 1.29 is 14.6 Å². The molecule has 0 aromatic rings. The molecule has 0 heterocycles. The number of hydrogen-bond acceptors (Lipinski definition) is 3. The Morgan fingerprint density at radius 2 is 1.74 bits per heavy atom. The van der Waals surface area contributed by atoms with Gasteiger partial charge in [-0.1, -0.05) is 27.4 Å². The molecule has 106 valence electrons. The van der Waals surface area contributed by atoms with E-state index in [-0.39, 0.29) is 22.7 Å². The van der Waals surface area contributed by atoms with Crippen LogP contribution in [0.3, 0.4) is 0 Å². The fourth-order valence-electron chi connectivity index (χ4n) is 5.96. The SMILES string of the molecule is C=CC(=O)OC12CC3(C)CC(C)(CC(O)(C3)C1C)C2. The summed E-state index contributed by atoms with van der Waals surface area (Å²) >= 11 is 0. The van der Waals surface area contributed by atoms with Gasteiger partial charge >= 0.3 is 5.97 Å². The van der Waals surface area contributed by atoms with E-state index in [0.29, 0.717) is 0 Å². The van der Waals surface area contributed by atoms with Gasteiger partial charge in [-0.25, -0.2) is 4.79 Å². The predicted molar refractivity (Wildman–Crippen MR) is 72.4 cm³/mol. The molecular formula is C16H24O3. The maximum absolute atomic E-state index is 11.7. The van der Waals surface area contributed by atoms with E-state index in [4.69, 9.17) is 4.74 Å². The smallest absolute Gasteiger partial charge is 0.330 e. The summed E-state index contributed by atoms with van der Waals surface area (Å²) in [5.74, 6) is -0.352. The van der Waals surface area contributed by atoms with E-state index < -0.39 is 11.2 Å². The lowest BCUT2D eigenvalue weighted by molar-refractivity contribution is -0.289. The molecule has 0 aromatic heterocycles. The lowest BCUT2D eigenvalue weighted by Crippen LogP contribution is -2.71. The molecule has 3 heteroatoms. The number of rotatable bonds is 2. The van der Waals surface area contributed by atoms with Crippen molar-refractivity contribution in [3.63, 3.8) is 0 Å². The third kappa shape index (κ3) is 1.70. The molecule has 4 aliphatic carbocycles. The molecule has 4 aliphatic rings. The third-order valence-corrected chi connectivity index (χ3v) is 5.84. The normalized spacial score (nSPS) is 55.1. The lowest BCUT2D eigenvalue weighted by atomic mass is 9.39. The van der Waals surface area contributed by atoms with Crippen molar-refractivity contribution in [2.75, 3.05) is 0 Å². The molecule has 4 rings (SSSR count). The highest BCUT2D eigenvalue weighted by molar-refractivity contribution is 5.81. The fraction of sp³-hybridized carbons (Fsp3) is 0.812. The van der Waals surface area contributed by atoms with Gasteiger partial charge in [0.25, 0.3) is 0 Å². The number of hydrogen-bond donors (Lipinski definition) is 1. The Bertz CT molecular complexity index is 435. The Morgan fingerprint density at radius 1 is 1.21 bits per heavy atom. The van der Waals surface area contributed by atoms with Crippen LogP contribution in [-0.2, 0) is 9.53 Å². The molecular weight excluding hydrogens is 240 g/mol. The maximum atomic E-state index is 11.7. The van der Waals surface area contributed by atoms with Crippen molar-refractivity contribution >= 4 is 5.97 Å². The minimum Gasteiger partial charge on any atom is -0.455 e. The summed E-state index contributed by atoms with van der Waals surface area (Å²) in [7, 11) is 0. The summed E-state index contributed by atoms with van der Waals surface area (Å²) in [5.41, 5.74) is -1.00. The number of esters is 1. The molecule has 0 aliphatic heterocycles. The van der Waals surface area contributed by atoms with Gasteiger partial charge in [0.15, 0.2) is 0 Å². The maximum Gasteiger partial charge on any atom is 0.330 e. The molecule has 1 N–H and O–H groups in total. The zero-order valence-electron chi connectivity index (χ0n) is 12.2. The first-order chi connectivity index (χ1) is 8.64. The molecule has 0 spiro atoms. The van der Waals surface area contributed by atoms with Crippen LogP contribution in [0.5, 0.6) is 0 Å². The number of carbonyl (C=O) groups excluding carboxylic acids is 1. The van der Waals surface area contributed by atoms with E-state index >= 15 is 0 Å². The molecule has 0 aromatic carbocycles. The van der Waals surface area contributed by atoms with Crippen LogP contribution >= 0.6 is 0 Å². The minimum absolute atomic E-state index is 0.00495. The van der Waals surface area contributed by atoms with Crippen molar-refractivity contribution in [2.24, 2.45) is 16.7 Å². The van der Waals surface area contributed by atoms with Crippen molar-refractivity contribution in [3.8, 4) is 0 Å². The van der Waals surface area contributed by atoms with Gasteiger partial charge in [-0.3, -0.25) is 0 Å². The molecule has 4 saturated carbocycles. The van der Waals surface area contributed by atoms with Crippen LogP contribution in [0.1, 0.15) is 52.9 Å². The highest BCUT2D eigenvalue weighted by atomic mass is 16.6. The Kier molecular flexibility index (Phi) is 2.38. The molecule has 19 heavy (non-hydrogen) atoms. The van der Waals surface area contributed by atoms with Crippen molar-refractivity contribution in [2.45, 2.75) is 64.1 Å². The van der Waals surface area contributed by atoms with Crippen LogP contribution in [0.4, 0.5) is 0 Å². The molecule has 0 saturated heterocycles. The Hall–Kier alpha value is -0.830. The zero-order chi connectivity index (χ0) is 14.1. The second-order valence-electron chi connectivity index (χ2n) is 8.02. The van der Waals surface area contributed by atoms with Crippen LogP contribution < -0.4 is 0 Å². The second-order valence-corrected chi connectivity index (χ2v) is 8.02. The topological polar surface area (TPSA) is 46.5 Å². The molecule has 4 bridgehead atoms. The van der Waals surface area contributed by atoms with Crippen LogP contribution in [0, 0.1) is 16.7 Å². The molecule has 3 nitrogen and oxygen atoms in total. The van der Waals surface area contributed by atoms with Crippen LogP contribution in [0.2, 0.25) is 0 Å². The van der Waals surface area contributed by atoms with Gasteiger partial charge in [0.2, 0.25) is 0 Å². The highest BCUT2D eigenvalue weighted by Crippen LogP contribution is 2.70. The quantitative estimate of drug-likeness (QED) is 0.616. The minimum atomic E-state index is -0.681. The summed E-state index contributed by atoms with van der Waals surface area (Å²) in [6.07, 6.45) is 5.79. The van der Waals surface area contributed by atoms with E-state index in [1.165, 1.54) is 6.08 Å². The highest BCUT2D eigenvalue weighted by Gasteiger charge is 2.70. The van der Waals surface area contributed by atoms with Gasteiger partial charge < -0.3 is 9.84 Å². The average Bonchev–Trinajstić information content (AvgIpc) is 2.21. The number of carbonyl (C=O) groups is 1. The first-order valence-electron chi connectivity index (χ1n) is 7.22. The van der Waals surface area contributed by atoms with E-state index in [1.807, 2.05) is 6.92 Å². The van der Waals surface area contributed by atoms with Crippen molar-refractivity contribution in [1.29, 1.82) is 0 Å².